The number of amides is 1. The van der Waals surface area contributed by atoms with Gasteiger partial charge in [0.25, 0.3) is 0 Å². The van der Waals surface area contributed by atoms with Crippen molar-refractivity contribution in [2.24, 2.45) is 0 Å². The fraction of sp³-hybridized carbons (Fsp3) is 0.714. The molecule has 0 heterocycles. The van der Waals surface area contributed by atoms with Gasteiger partial charge < -0.3 is 10.1 Å². The van der Waals surface area contributed by atoms with Crippen LogP contribution in [0, 0.1) is 0 Å². The van der Waals surface area contributed by atoms with Crippen molar-refractivity contribution in [1.29, 1.82) is 0 Å². The summed E-state index contributed by atoms with van der Waals surface area (Å²) in [6.45, 7) is 4.00. The molecule has 0 aromatic heterocycles. The van der Waals surface area contributed by atoms with Crippen molar-refractivity contribution in [1.82, 2.24) is 5.32 Å². The summed E-state index contributed by atoms with van der Waals surface area (Å²) in [5, 5.41) is 2.47. The maximum absolute atomic E-state index is 9.73. The molecule has 1 N–H and O–H groups in total. The average molecular weight is 177 g/mol. The predicted octanol–water partition coefficient (Wildman–Crippen LogP) is 1.04. The molecule has 0 aliphatic rings. The minimum absolute atomic E-state index is 0.561. The van der Waals surface area contributed by atoms with Crippen molar-refractivity contribution in [2.75, 3.05) is 11.6 Å². The van der Waals surface area contributed by atoms with Gasteiger partial charge in [-0.1, -0.05) is 13.8 Å². The minimum Gasteiger partial charge on any atom is -0.350 e. The summed E-state index contributed by atoms with van der Waals surface area (Å²) >= 11 is 1.53. The first-order valence-electron chi connectivity index (χ1n) is 3.60. The molecule has 0 saturated heterocycles. The lowest BCUT2D eigenvalue weighted by atomic mass is 10.6. The summed E-state index contributed by atoms with van der Waals surface area (Å²) in [6.07, 6.45) is 2.08. The lowest BCUT2D eigenvalue weighted by molar-refractivity contribution is -0.109. The second-order valence-electron chi connectivity index (χ2n) is 1.33. The lowest BCUT2D eigenvalue weighted by Gasteiger charge is -1.93. The van der Waals surface area contributed by atoms with Crippen LogP contribution < -0.4 is 5.32 Å². The van der Waals surface area contributed by atoms with Gasteiger partial charge in [0.2, 0.25) is 6.41 Å². The molecule has 0 aliphatic heterocycles. The van der Waals surface area contributed by atoms with Crippen molar-refractivity contribution >= 4 is 24.5 Å². The molecule has 0 rings (SSSR count). The molecule has 0 atom stereocenters. The molecule has 0 aromatic rings. The summed E-state index contributed by atoms with van der Waals surface area (Å²) in [4.78, 5) is 19.4. The molecular weight excluding hydrogens is 162 g/mol. The van der Waals surface area contributed by atoms with Crippen LogP contribution in [0.3, 0.4) is 0 Å². The molecule has 1 amide bonds. The number of carbonyl (C=O) groups excluding carboxylic acids is 2. The van der Waals surface area contributed by atoms with Gasteiger partial charge in [0, 0.05) is 12.2 Å². The highest BCUT2D eigenvalue weighted by Crippen LogP contribution is 1.96. The SMILES string of the molecule is CC.O=CCCSCNC=O. The van der Waals surface area contributed by atoms with Crippen molar-refractivity contribution in [2.45, 2.75) is 20.3 Å². The van der Waals surface area contributed by atoms with E-state index in [0.29, 0.717) is 18.7 Å². The monoisotopic (exact) mass is 177 g/mol. The second kappa shape index (κ2) is 16.2. The van der Waals surface area contributed by atoms with Crippen molar-refractivity contribution in [3.8, 4) is 0 Å². The highest BCUT2D eigenvalue weighted by atomic mass is 32.2. The zero-order chi connectivity index (χ0) is 8.95. The van der Waals surface area contributed by atoms with Gasteiger partial charge in [0.15, 0.2) is 0 Å². The third-order valence-electron chi connectivity index (χ3n) is 0.649. The number of nitrogens with one attached hydrogen (secondary N) is 1. The van der Waals surface area contributed by atoms with E-state index < -0.39 is 0 Å². The van der Waals surface area contributed by atoms with Gasteiger partial charge in [-0.2, -0.15) is 0 Å². The van der Waals surface area contributed by atoms with E-state index in [1.54, 1.807) is 0 Å². The molecule has 0 aliphatic carbocycles. The second-order valence-corrected chi connectivity index (χ2v) is 2.44. The highest BCUT2D eigenvalue weighted by molar-refractivity contribution is 7.99. The standard InChI is InChI=1S/C5H9NO2S.C2H6/c7-2-1-3-9-5-6-4-8;1-2/h2,4H,1,3,5H2,(H,6,8);1-2H3. The van der Waals surface area contributed by atoms with E-state index in [9.17, 15) is 9.59 Å². The Hall–Kier alpha value is -0.510. The first-order valence-corrected chi connectivity index (χ1v) is 4.75. The third kappa shape index (κ3) is 17.7. The zero-order valence-corrected chi connectivity index (χ0v) is 7.82. The van der Waals surface area contributed by atoms with Crippen LogP contribution in [0.2, 0.25) is 0 Å². The number of rotatable bonds is 6. The molecule has 0 spiro atoms. The van der Waals surface area contributed by atoms with Crippen LogP contribution >= 0.6 is 11.8 Å². The highest BCUT2D eigenvalue weighted by Gasteiger charge is 1.84. The van der Waals surface area contributed by atoms with Crippen LogP contribution in [-0.2, 0) is 9.59 Å². The molecule has 4 heteroatoms. The smallest absolute Gasteiger partial charge is 0.207 e. The van der Waals surface area contributed by atoms with Gasteiger partial charge in [0.1, 0.15) is 6.29 Å². The molecular formula is C7H15NO2S. The summed E-state index contributed by atoms with van der Waals surface area (Å²) in [5.74, 6) is 1.38. The van der Waals surface area contributed by atoms with E-state index in [4.69, 9.17) is 0 Å². The maximum atomic E-state index is 9.73. The molecule has 0 unspecified atom stereocenters. The number of aldehydes is 1. The van der Waals surface area contributed by atoms with Crippen LogP contribution in [0.1, 0.15) is 20.3 Å². The minimum atomic E-state index is 0.561. The van der Waals surface area contributed by atoms with E-state index in [2.05, 4.69) is 5.32 Å². The van der Waals surface area contributed by atoms with Gasteiger partial charge in [-0.3, -0.25) is 4.79 Å². The van der Waals surface area contributed by atoms with Gasteiger partial charge in [0.05, 0.1) is 5.88 Å². The fourth-order valence-corrected chi connectivity index (χ4v) is 0.890. The Morgan fingerprint density at radius 3 is 2.45 bits per heavy atom. The number of hydrogen-bond acceptors (Lipinski definition) is 3. The van der Waals surface area contributed by atoms with Crippen LogP contribution in [0.4, 0.5) is 0 Å². The number of carbonyl (C=O) groups is 2. The molecule has 0 fully saturated rings. The van der Waals surface area contributed by atoms with E-state index in [1.165, 1.54) is 11.8 Å². The number of thioether (sulfide) groups is 1. The van der Waals surface area contributed by atoms with E-state index >= 15 is 0 Å². The van der Waals surface area contributed by atoms with Gasteiger partial charge in [-0.05, 0) is 0 Å². The lowest BCUT2D eigenvalue weighted by Crippen LogP contribution is -2.09. The Kier molecular flexibility index (Phi) is 19.4. The topological polar surface area (TPSA) is 46.2 Å². The first-order chi connectivity index (χ1) is 5.41. The van der Waals surface area contributed by atoms with Crippen molar-refractivity contribution in [3.05, 3.63) is 0 Å². The van der Waals surface area contributed by atoms with Crippen molar-refractivity contribution in [3.63, 3.8) is 0 Å². The molecule has 0 bridgehead atoms. The molecule has 11 heavy (non-hydrogen) atoms. The molecule has 0 radical (unpaired) electrons. The van der Waals surface area contributed by atoms with Gasteiger partial charge >= 0.3 is 0 Å². The fourth-order valence-electron chi connectivity index (χ4n) is 0.297. The van der Waals surface area contributed by atoms with E-state index in [0.717, 1.165) is 12.0 Å². The molecule has 0 saturated carbocycles. The summed E-state index contributed by atoms with van der Waals surface area (Å²) in [7, 11) is 0. The normalized spacial score (nSPS) is 7.45. The van der Waals surface area contributed by atoms with Crippen LogP contribution in [-0.4, -0.2) is 24.3 Å². The van der Waals surface area contributed by atoms with Crippen LogP contribution in [0.15, 0.2) is 0 Å². The third-order valence-corrected chi connectivity index (χ3v) is 1.54. The van der Waals surface area contributed by atoms with Gasteiger partial charge in [-0.25, -0.2) is 0 Å². The van der Waals surface area contributed by atoms with E-state index in [-0.39, 0.29) is 0 Å². The summed E-state index contributed by atoms with van der Waals surface area (Å²) in [5.41, 5.74) is 0. The molecule has 66 valence electrons. The summed E-state index contributed by atoms with van der Waals surface area (Å²) in [6, 6.07) is 0. The van der Waals surface area contributed by atoms with Crippen molar-refractivity contribution < 1.29 is 9.59 Å². The Balaban J connectivity index is 0. The molecule has 3 nitrogen and oxygen atoms in total. The number of hydrogen-bond donors (Lipinski definition) is 1. The Labute approximate surface area is 71.9 Å². The van der Waals surface area contributed by atoms with E-state index in [1.807, 2.05) is 13.8 Å². The van der Waals surface area contributed by atoms with Gasteiger partial charge in [-0.15, -0.1) is 11.8 Å². The molecule has 0 aromatic carbocycles. The zero-order valence-electron chi connectivity index (χ0n) is 7.00. The Morgan fingerprint density at radius 2 is 2.00 bits per heavy atom. The Bertz CT molecular complexity index is 78.5. The first kappa shape index (κ1) is 13.1. The Morgan fingerprint density at radius 1 is 1.36 bits per heavy atom. The quantitative estimate of drug-likeness (QED) is 0.374. The predicted molar refractivity (Wildman–Crippen MR) is 48.6 cm³/mol. The van der Waals surface area contributed by atoms with Crippen LogP contribution in [0.25, 0.3) is 0 Å². The van der Waals surface area contributed by atoms with Crippen LogP contribution in [0.5, 0.6) is 0 Å². The average Bonchev–Trinajstić information content (AvgIpc) is 2.08. The maximum Gasteiger partial charge on any atom is 0.207 e. The summed E-state index contributed by atoms with van der Waals surface area (Å²) < 4.78 is 0. The largest absolute Gasteiger partial charge is 0.350 e.